The summed E-state index contributed by atoms with van der Waals surface area (Å²) in [7, 11) is 1.52. The van der Waals surface area contributed by atoms with E-state index in [0.29, 0.717) is 19.3 Å². The minimum Gasteiger partial charge on any atom is -0.481 e. The molecule has 0 saturated heterocycles. The van der Waals surface area contributed by atoms with Crippen molar-refractivity contribution in [2.24, 2.45) is 22.2 Å². The number of nitrogens with two attached hydrogens (primary N) is 3. The highest BCUT2D eigenvalue weighted by atomic mass is 32.1. The van der Waals surface area contributed by atoms with Gasteiger partial charge in [-0.2, -0.15) is 12.6 Å². The van der Waals surface area contributed by atoms with Gasteiger partial charge in [0.2, 0.25) is 35.4 Å². The maximum Gasteiger partial charge on any atom is 0.327 e. The molecule has 0 bridgehead atoms. The number of carbonyl (C=O) groups excluding carboxylic acids is 6. The maximum absolute atomic E-state index is 12.8. The van der Waals surface area contributed by atoms with Crippen molar-refractivity contribution in [2.45, 2.75) is 68.7 Å². The predicted molar refractivity (Wildman–Crippen MR) is 180 cm³/mol. The molecule has 0 heterocycles. The molecule has 5 atom stereocenters. The van der Waals surface area contributed by atoms with E-state index in [1.54, 1.807) is 0 Å². The minimum atomic E-state index is -1.66. The molecule has 23 heteroatoms. The van der Waals surface area contributed by atoms with Crippen LogP contribution in [0.1, 0.15) is 38.5 Å². The number of likely N-dealkylation sites (N-methyl/N-ethyl adjacent to an activating group) is 1. The molecule has 0 rings (SSSR count). The molecule has 0 fully saturated rings. The van der Waals surface area contributed by atoms with Crippen LogP contribution in [0.25, 0.3) is 0 Å². The molecule has 22 nitrogen and oxygen atoms in total. The van der Waals surface area contributed by atoms with Crippen LogP contribution in [-0.4, -0.2) is 144 Å². The molecule has 0 saturated carbocycles. The lowest BCUT2D eigenvalue weighted by atomic mass is 10.1. The topological polar surface area (TPSA) is 372 Å². The Morgan fingerprint density at radius 3 is 1.82 bits per heavy atom. The molecule has 0 aromatic rings. The number of rotatable bonds is 26. The van der Waals surface area contributed by atoms with E-state index in [9.17, 15) is 48.6 Å². The zero-order chi connectivity index (χ0) is 38.2. The standard InChI is InChI=1S/C27H49N11O11S/c1-31-15(23(45)35-11-20(41)37-18(13-50)26(48)49)6-2-3-7-32-24(46)17(12-39)38-25(47)16(9-21(42)43)36-19(40)10-34-22(44)14(28)5-4-8-33-27(29)30/h14-18,31,39,50H,2-13,28H2,1H3,(H,32,46)(H,34,44)(H,35,45)(H,36,40)(H,37,41)(H,38,47)(H,42,43)(H,48,49)(H4,29,30,33)/t14-,15-,16-,17+,18-/m0/s1. The number of nitrogens with zero attached hydrogens (tertiary/aromatic N) is 1. The summed E-state index contributed by atoms with van der Waals surface area (Å²) >= 11 is 3.84. The van der Waals surface area contributed by atoms with Gasteiger partial charge < -0.3 is 69.7 Å². The van der Waals surface area contributed by atoms with Crippen LogP contribution in [0.4, 0.5) is 0 Å². The van der Waals surface area contributed by atoms with E-state index >= 15 is 0 Å². The number of amides is 6. The molecule has 16 N–H and O–H groups in total. The second kappa shape index (κ2) is 25.3. The first-order valence-electron chi connectivity index (χ1n) is 15.4. The third kappa shape index (κ3) is 19.9. The number of guanidine groups is 1. The summed E-state index contributed by atoms with van der Waals surface area (Å²) in [5.41, 5.74) is 16.2. The van der Waals surface area contributed by atoms with Crippen molar-refractivity contribution >= 4 is 66.0 Å². The Balaban J connectivity index is 4.79. The molecular formula is C27H49N11O11S. The van der Waals surface area contributed by atoms with E-state index in [1.165, 1.54) is 7.05 Å². The molecule has 0 aliphatic carbocycles. The minimum absolute atomic E-state index is 0.0668. The molecule has 6 amide bonds. The van der Waals surface area contributed by atoms with Crippen LogP contribution in [0.3, 0.4) is 0 Å². The first kappa shape index (κ1) is 45.3. The molecule has 0 aromatic carbocycles. The highest BCUT2D eigenvalue weighted by molar-refractivity contribution is 7.80. The summed E-state index contributed by atoms with van der Waals surface area (Å²) in [4.78, 5) is 100. The predicted octanol–water partition coefficient (Wildman–Crippen LogP) is -6.59. The van der Waals surface area contributed by atoms with Crippen LogP contribution >= 0.6 is 12.6 Å². The normalized spacial score (nSPS) is 13.6. The van der Waals surface area contributed by atoms with Gasteiger partial charge in [-0.3, -0.25) is 38.6 Å². The number of nitrogens with one attached hydrogen (secondary N) is 7. The third-order valence-electron chi connectivity index (χ3n) is 6.70. The number of unbranched alkanes of at least 4 members (excludes halogenated alkanes) is 1. The summed E-state index contributed by atoms with van der Waals surface area (Å²) in [6.45, 7) is -1.65. The molecule has 0 aliphatic heterocycles. The van der Waals surface area contributed by atoms with Crippen molar-refractivity contribution in [1.82, 2.24) is 37.2 Å². The Bertz CT molecular complexity index is 1200. The summed E-state index contributed by atoms with van der Waals surface area (Å²) in [5, 5.41) is 44.3. The Morgan fingerprint density at radius 2 is 1.30 bits per heavy atom. The largest absolute Gasteiger partial charge is 0.481 e. The fourth-order valence-electron chi connectivity index (χ4n) is 3.98. The number of aliphatic hydroxyl groups excluding tert-OH is 1. The number of thiol groups is 1. The first-order valence-corrected chi connectivity index (χ1v) is 16.1. The van der Waals surface area contributed by atoms with Crippen molar-refractivity contribution in [3.63, 3.8) is 0 Å². The highest BCUT2D eigenvalue weighted by Crippen LogP contribution is 2.02. The monoisotopic (exact) mass is 735 g/mol. The van der Waals surface area contributed by atoms with E-state index < -0.39 is 104 Å². The van der Waals surface area contributed by atoms with Crippen molar-refractivity contribution < 1.29 is 53.7 Å². The average Bonchev–Trinajstić information content (AvgIpc) is 3.06. The van der Waals surface area contributed by atoms with Gasteiger partial charge >= 0.3 is 11.9 Å². The van der Waals surface area contributed by atoms with Gasteiger partial charge in [0.1, 0.15) is 18.1 Å². The molecule has 0 spiro atoms. The zero-order valence-electron chi connectivity index (χ0n) is 27.6. The molecule has 284 valence electrons. The fraction of sp³-hybridized carbons (Fsp3) is 0.667. The summed E-state index contributed by atoms with van der Waals surface area (Å²) in [6.07, 6.45) is 0.763. The lowest BCUT2D eigenvalue weighted by Gasteiger charge is -2.21. The molecular weight excluding hydrogens is 686 g/mol. The van der Waals surface area contributed by atoms with Crippen LogP contribution in [0, 0.1) is 0 Å². The molecule has 0 aromatic heterocycles. The number of carbonyl (C=O) groups is 8. The van der Waals surface area contributed by atoms with Crippen molar-refractivity contribution in [3.05, 3.63) is 0 Å². The quantitative estimate of drug-likeness (QED) is 0.0170. The van der Waals surface area contributed by atoms with Gasteiger partial charge in [-0.1, -0.05) is 0 Å². The van der Waals surface area contributed by atoms with Crippen LogP contribution < -0.4 is 54.4 Å². The summed E-state index contributed by atoms with van der Waals surface area (Å²) < 4.78 is 0. The smallest absolute Gasteiger partial charge is 0.327 e. The Hall–Kier alpha value is -4.74. The first-order chi connectivity index (χ1) is 23.6. The van der Waals surface area contributed by atoms with E-state index in [1.807, 2.05) is 0 Å². The van der Waals surface area contributed by atoms with Crippen molar-refractivity contribution in [2.75, 3.05) is 45.6 Å². The summed E-state index contributed by atoms with van der Waals surface area (Å²) in [5.74, 6) is -7.71. The van der Waals surface area contributed by atoms with Gasteiger partial charge in [0.25, 0.3) is 0 Å². The van der Waals surface area contributed by atoms with Gasteiger partial charge in [0.05, 0.1) is 38.2 Å². The van der Waals surface area contributed by atoms with E-state index in [2.05, 4.69) is 54.8 Å². The molecule has 0 radical (unpaired) electrons. The van der Waals surface area contributed by atoms with Crippen LogP contribution in [-0.2, 0) is 38.4 Å². The van der Waals surface area contributed by atoms with Gasteiger partial charge in [-0.05, 0) is 39.2 Å². The zero-order valence-corrected chi connectivity index (χ0v) is 28.5. The number of carboxylic acids is 2. The van der Waals surface area contributed by atoms with Crippen molar-refractivity contribution in [1.29, 1.82) is 0 Å². The number of aliphatic hydroxyl groups is 1. The number of aliphatic carboxylic acids is 2. The Kier molecular flexibility index (Phi) is 22.9. The van der Waals surface area contributed by atoms with Gasteiger partial charge in [0, 0.05) is 18.8 Å². The molecule has 0 aliphatic rings. The number of hydrogen-bond acceptors (Lipinski definition) is 13. The summed E-state index contributed by atoms with van der Waals surface area (Å²) in [6, 6.07) is -6.08. The second-order valence-corrected chi connectivity index (χ2v) is 11.1. The van der Waals surface area contributed by atoms with Gasteiger partial charge in [-0.15, -0.1) is 0 Å². The SMILES string of the molecule is CN[C@@H](CCCCNC(=O)[C@@H](CO)NC(=O)[C@H](CC(=O)O)NC(=O)CNC(=O)[C@@H](N)CCCN=C(N)N)C(=O)NCC(=O)N[C@@H](CS)C(=O)O. The number of carboxylic acid groups (broad SMARTS) is 2. The van der Waals surface area contributed by atoms with E-state index in [0.717, 1.165) is 0 Å². The third-order valence-corrected chi connectivity index (χ3v) is 7.06. The molecule has 50 heavy (non-hydrogen) atoms. The van der Waals surface area contributed by atoms with Crippen LogP contribution in [0.2, 0.25) is 0 Å². The lowest BCUT2D eigenvalue weighted by Crippen LogP contribution is -2.56. The van der Waals surface area contributed by atoms with Gasteiger partial charge in [-0.25, -0.2) is 4.79 Å². The lowest BCUT2D eigenvalue weighted by molar-refractivity contribution is -0.141. The van der Waals surface area contributed by atoms with E-state index in [-0.39, 0.29) is 37.6 Å². The molecule has 0 unspecified atom stereocenters. The van der Waals surface area contributed by atoms with Gasteiger partial charge in [0.15, 0.2) is 5.96 Å². The Labute approximate surface area is 293 Å². The average molecular weight is 736 g/mol. The van der Waals surface area contributed by atoms with Crippen molar-refractivity contribution in [3.8, 4) is 0 Å². The van der Waals surface area contributed by atoms with Crippen LogP contribution in [0.5, 0.6) is 0 Å². The number of hydrogen-bond donors (Lipinski definition) is 14. The number of aliphatic imine (C=N–C) groups is 1. The van der Waals surface area contributed by atoms with E-state index in [4.69, 9.17) is 22.3 Å². The highest BCUT2D eigenvalue weighted by Gasteiger charge is 2.28. The fourth-order valence-corrected chi connectivity index (χ4v) is 4.23. The maximum atomic E-state index is 12.8. The van der Waals surface area contributed by atoms with Crippen LogP contribution in [0.15, 0.2) is 4.99 Å². The Morgan fingerprint density at radius 1 is 0.720 bits per heavy atom. The second-order valence-electron chi connectivity index (χ2n) is 10.7.